The Hall–Kier alpha value is -2.90. The highest BCUT2D eigenvalue weighted by atomic mass is 16.2. The highest BCUT2D eigenvalue weighted by Gasteiger charge is 2.26. The molecular weight excluding hydrogens is 332 g/mol. The molecule has 8 nitrogen and oxygen atoms in total. The predicted molar refractivity (Wildman–Crippen MR) is 97.1 cm³/mol. The summed E-state index contributed by atoms with van der Waals surface area (Å²) in [5.41, 5.74) is 2.77. The third-order valence-electron chi connectivity index (χ3n) is 5.17. The van der Waals surface area contributed by atoms with Crippen LogP contribution in [-0.2, 0) is 11.2 Å². The van der Waals surface area contributed by atoms with E-state index in [0.29, 0.717) is 19.4 Å². The summed E-state index contributed by atoms with van der Waals surface area (Å²) in [5, 5.41) is 10.9. The van der Waals surface area contributed by atoms with Crippen LogP contribution >= 0.6 is 0 Å². The van der Waals surface area contributed by atoms with Crippen LogP contribution in [0.3, 0.4) is 0 Å². The van der Waals surface area contributed by atoms with Crippen molar-refractivity contribution in [3.63, 3.8) is 0 Å². The van der Waals surface area contributed by atoms with Gasteiger partial charge in [0.2, 0.25) is 5.91 Å². The van der Waals surface area contributed by atoms with Gasteiger partial charge in [0, 0.05) is 44.1 Å². The molecule has 1 atom stereocenters. The monoisotopic (exact) mass is 354 g/mol. The Bertz CT molecular complexity index is 819. The second-order valence-electron chi connectivity index (χ2n) is 6.85. The van der Waals surface area contributed by atoms with Crippen LogP contribution < -0.4 is 10.2 Å². The van der Waals surface area contributed by atoms with Gasteiger partial charge in [-0.25, -0.2) is 9.48 Å². The molecule has 136 valence electrons. The van der Waals surface area contributed by atoms with Crippen molar-refractivity contribution in [1.29, 1.82) is 0 Å². The summed E-state index contributed by atoms with van der Waals surface area (Å²) in [6.45, 7) is 1.36. The van der Waals surface area contributed by atoms with Crippen LogP contribution in [0.4, 0.5) is 16.2 Å². The fraction of sp³-hybridized carbons (Fsp3) is 0.444. The smallest absolute Gasteiger partial charge is 0.321 e. The number of urea groups is 1. The Morgan fingerprint density at radius 2 is 2.19 bits per heavy atom. The first-order valence-electron chi connectivity index (χ1n) is 8.93. The average molecular weight is 354 g/mol. The van der Waals surface area contributed by atoms with Gasteiger partial charge in [0.25, 0.3) is 0 Å². The van der Waals surface area contributed by atoms with Crippen molar-refractivity contribution < 1.29 is 9.59 Å². The molecule has 4 rings (SSSR count). The number of aromatic nitrogens is 3. The molecule has 0 bridgehead atoms. The normalized spacial score (nSPS) is 20.0. The number of aryl methyl sites for hydroxylation is 1. The van der Waals surface area contributed by atoms with Crippen LogP contribution in [0, 0.1) is 0 Å². The number of piperidine rings is 1. The molecule has 1 saturated heterocycles. The van der Waals surface area contributed by atoms with Crippen molar-refractivity contribution in [2.45, 2.75) is 31.7 Å². The largest absolute Gasteiger partial charge is 0.322 e. The van der Waals surface area contributed by atoms with E-state index in [1.165, 1.54) is 0 Å². The number of rotatable bonds is 2. The topological polar surface area (TPSA) is 83.4 Å². The summed E-state index contributed by atoms with van der Waals surface area (Å²) in [7, 11) is 1.79. The number of carbonyl (C=O) groups is 2. The van der Waals surface area contributed by atoms with Gasteiger partial charge in [-0.3, -0.25) is 4.79 Å². The summed E-state index contributed by atoms with van der Waals surface area (Å²) in [6, 6.07) is 5.78. The molecular formula is C18H22N6O2. The molecule has 1 fully saturated rings. The molecule has 1 unspecified atom stereocenters. The van der Waals surface area contributed by atoms with Gasteiger partial charge in [-0.15, -0.1) is 5.10 Å². The van der Waals surface area contributed by atoms with E-state index in [2.05, 4.69) is 15.6 Å². The Labute approximate surface area is 151 Å². The molecule has 2 aromatic rings. The minimum absolute atomic E-state index is 0.102. The minimum Gasteiger partial charge on any atom is -0.322 e. The van der Waals surface area contributed by atoms with Gasteiger partial charge in [-0.05, 0) is 43.0 Å². The fourth-order valence-electron chi connectivity index (χ4n) is 3.70. The molecule has 0 saturated carbocycles. The number of likely N-dealkylation sites (tertiary alicyclic amines) is 1. The molecule has 0 aliphatic carbocycles. The molecule has 8 heteroatoms. The molecule has 0 spiro atoms. The number of amides is 3. The maximum absolute atomic E-state index is 12.7. The third kappa shape index (κ3) is 3.14. The lowest BCUT2D eigenvalue weighted by atomic mass is 10.0. The zero-order chi connectivity index (χ0) is 18.1. The van der Waals surface area contributed by atoms with Gasteiger partial charge in [-0.1, -0.05) is 5.21 Å². The first-order chi connectivity index (χ1) is 12.6. The van der Waals surface area contributed by atoms with E-state index in [0.717, 1.165) is 36.3 Å². The Kier molecular flexibility index (Phi) is 4.32. The number of anilines is 2. The van der Waals surface area contributed by atoms with Crippen molar-refractivity contribution in [2.75, 3.05) is 30.4 Å². The van der Waals surface area contributed by atoms with Crippen LogP contribution in [0.2, 0.25) is 0 Å². The highest BCUT2D eigenvalue weighted by molar-refractivity contribution is 5.97. The summed E-state index contributed by atoms with van der Waals surface area (Å²) in [6.07, 6.45) is 6.65. The standard InChI is InChI=1S/C18H22N6O2/c1-22-16-6-5-14(11-13(16)4-7-17(22)25)20-18(26)23-9-2-3-15(12-23)24-10-8-19-21-24/h5-6,8,10-11,15H,2-4,7,9,12H2,1H3,(H,20,26). The maximum Gasteiger partial charge on any atom is 0.321 e. The van der Waals surface area contributed by atoms with E-state index in [1.807, 2.05) is 34.0 Å². The minimum atomic E-state index is -0.102. The SMILES string of the molecule is CN1C(=O)CCc2cc(NC(=O)N3CCCC(n4ccnn4)C3)ccc21. The van der Waals surface area contributed by atoms with Crippen LogP contribution in [-0.4, -0.2) is 52.0 Å². The van der Waals surface area contributed by atoms with Gasteiger partial charge < -0.3 is 15.1 Å². The van der Waals surface area contributed by atoms with Crippen LogP contribution in [0.1, 0.15) is 30.9 Å². The van der Waals surface area contributed by atoms with Crippen LogP contribution in [0.25, 0.3) is 0 Å². The first-order valence-corrected chi connectivity index (χ1v) is 8.93. The van der Waals surface area contributed by atoms with Gasteiger partial charge >= 0.3 is 6.03 Å². The van der Waals surface area contributed by atoms with Gasteiger partial charge in [0.15, 0.2) is 0 Å². The number of benzene rings is 1. The second-order valence-corrected chi connectivity index (χ2v) is 6.85. The Morgan fingerprint density at radius 1 is 1.31 bits per heavy atom. The zero-order valence-corrected chi connectivity index (χ0v) is 14.8. The van der Waals surface area contributed by atoms with E-state index in [9.17, 15) is 9.59 Å². The van der Waals surface area contributed by atoms with Crippen LogP contribution in [0.15, 0.2) is 30.6 Å². The molecule has 0 radical (unpaired) electrons. The third-order valence-corrected chi connectivity index (χ3v) is 5.17. The molecule has 2 aliphatic heterocycles. The average Bonchev–Trinajstić information content (AvgIpc) is 3.20. The summed E-state index contributed by atoms with van der Waals surface area (Å²) < 4.78 is 1.82. The van der Waals surface area contributed by atoms with E-state index in [4.69, 9.17) is 0 Å². The lowest BCUT2D eigenvalue weighted by molar-refractivity contribution is -0.118. The number of carbonyl (C=O) groups excluding carboxylic acids is 2. The van der Waals surface area contributed by atoms with Crippen molar-refractivity contribution in [3.8, 4) is 0 Å². The molecule has 1 aromatic carbocycles. The van der Waals surface area contributed by atoms with Crippen molar-refractivity contribution in [2.24, 2.45) is 0 Å². The van der Waals surface area contributed by atoms with E-state index >= 15 is 0 Å². The number of hydrogen-bond acceptors (Lipinski definition) is 4. The number of fused-ring (bicyclic) bond motifs is 1. The number of hydrogen-bond donors (Lipinski definition) is 1. The highest BCUT2D eigenvalue weighted by Crippen LogP contribution is 2.29. The summed E-state index contributed by atoms with van der Waals surface area (Å²) >= 11 is 0. The Balaban J connectivity index is 1.44. The van der Waals surface area contributed by atoms with E-state index < -0.39 is 0 Å². The zero-order valence-electron chi connectivity index (χ0n) is 14.8. The van der Waals surface area contributed by atoms with Gasteiger partial charge in [0.05, 0.1) is 12.2 Å². The Morgan fingerprint density at radius 3 is 3.00 bits per heavy atom. The van der Waals surface area contributed by atoms with E-state index in [1.54, 1.807) is 18.1 Å². The molecule has 26 heavy (non-hydrogen) atoms. The predicted octanol–water partition coefficient (Wildman–Crippen LogP) is 2.06. The molecule has 1 aromatic heterocycles. The molecule has 1 N–H and O–H groups in total. The quantitative estimate of drug-likeness (QED) is 0.895. The number of nitrogens with one attached hydrogen (secondary N) is 1. The fourth-order valence-corrected chi connectivity index (χ4v) is 3.70. The lowest BCUT2D eigenvalue weighted by Crippen LogP contribution is -2.43. The summed E-state index contributed by atoms with van der Waals surface area (Å²) in [4.78, 5) is 28.0. The van der Waals surface area contributed by atoms with Crippen molar-refractivity contribution in [1.82, 2.24) is 19.9 Å². The summed E-state index contributed by atoms with van der Waals surface area (Å²) in [5.74, 6) is 0.127. The lowest BCUT2D eigenvalue weighted by Gasteiger charge is -2.32. The molecule has 3 amide bonds. The second kappa shape index (κ2) is 6.78. The van der Waals surface area contributed by atoms with Gasteiger partial charge in [-0.2, -0.15) is 0 Å². The maximum atomic E-state index is 12.7. The molecule has 2 aliphatic rings. The molecule has 3 heterocycles. The number of nitrogens with zero attached hydrogens (tertiary/aromatic N) is 5. The van der Waals surface area contributed by atoms with E-state index in [-0.39, 0.29) is 18.0 Å². The van der Waals surface area contributed by atoms with Gasteiger partial charge in [0.1, 0.15) is 0 Å². The first kappa shape index (κ1) is 16.6. The van der Waals surface area contributed by atoms with Crippen molar-refractivity contribution in [3.05, 3.63) is 36.2 Å². The van der Waals surface area contributed by atoms with Crippen molar-refractivity contribution >= 4 is 23.3 Å². The van der Waals surface area contributed by atoms with Crippen LogP contribution in [0.5, 0.6) is 0 Å².